The normalized spacial score (nSPS) is 20.1. The Labute approximate surface area is 165 Å². The van der Waals surface area contributed by atoms with E-state index in [0.717, 1.165) is 18.4 Å². The minimum absolute atomic E-state index is 0.0766. The summed E-state index contributed by atoms with van der Waals surface area (Å²) < 4.78 is 1.88. The van der Waals surface area contributed by atoms with Gasteiger partial charge in [0.25, 0.3) is 5.91 Å². The van der Waals surface area contributed by atoms with Gasteiger partial charge in [-0.3, -0.25) is 9.59 Å². The summed E-state index contributed by atoms with van der Waals surface area (Å²) in [6.07, 6.45) is 9.03. The van der Waals surface area contributed by atoms with Crippen LogP contribution in [0.5, 0.6) is 0 Å². The topological polar surface area (TPSA) is 68.1 Å². The highest BCUT2D eigenvalue weighted by molar-refractivity contribution is 5.93. The Morgan fingerprint density at radius 2 is 1.71 bits per heavy atom. The van der Waals surface area contributed by atoms with Crippen LogP contribution in [0.1, 0.15) is 74.0 Å². The fourth-order valence-electron chi connectivity index (χ4n) is 4.75. The van der Waals surface area contributed by atoms with Crippen LogP contribution in [0.3, 0.4) is 0 Å². The number of benzene rings is 1. The summed E-state index contributed by atoms with van der Waals surface area (Å²) in [5.41, 5.74) is 0.982. The van der Waals surface area contributed by atoms with Gasteiger partial charge in [0.15, 0.2) is 5.69 Å². The molecular weight excluding hydrogens is 352 g/mol. The molecule has 2 aromatic rings. The molecule has 28 heavy (non-hydrogen) atoms. The number of nitrogens with zero attached hydrogens (tertiary/aromatic N) is 4. The third-order valence-electron chi connectivity index (χ3n) is 6.58. The zero-order chi connectivity index (χ0) is 19.6. The van der Waals surface area contributed by atoms with E-state index >= 15 is 0 Å². The molecule has 6 nitrogen and oxygen atoms in total. The minimum Gasteiger partial charge on any atom is -0.337 e. The van der Waals surface area contributed by atoms with Gasteiger partial charge in [0.2, 0.25) is 0 Å². The van der Waals surface area contributed by atoms with Crippen molar-refractivity contribution in [2.24, 2.45) is 0 Å². The molecule has 1 aromatic heterocycles. The van der Waals surface area contributed by atoms with Crippen LogP contribution in [0.4, 0.5) is 0 Å². The Kier molecular flexibility index (Phi) is 5.29. The number of hydrogen-bond donors (Lipinski definition) is 0. The van der Waals surface area contributed by atoms with Crippen LogP contribution in [0.15, 0.2) is 36.5 Å². The van der Waals surface area contributed by atoms with Gasteiger partial charge >= 0.3 is 0 Å². The van der Waals surface area contributed by atoms with E-state index in [9.17, 15) is 9.59 Å². The smallest absolute Gasteiger partial charge is 0.276 e. The molecule has 0 N–H and O–H groups in total. The molecule has 0 radical (unpaired) electrons. The first-order valence-electron chi connectivity index (χ1n) is 10.4. The molecule has 0 unspecified atom stereocenters. The molecule has 2 aliphatic rings. The Morgan fingerprint density at radius 3 is 2.36 bits per heavy atom. The number of amides is 1. The second-order valence-electron chi connectivity index (χ2n) is 8.17. The Morgan fingerprint density at radius 1 is 1.04 bits per heavy atom. The third-order valence-corrected chi connectivity index (χ3v) is 6.58. The van der Waals surface area contributed by atoms with Gasteiger partial charge < -0.3 is 4.90 Å². The molecule has 1 aliphatic heterocycles. The molecule has 0 bridgehead atoms. The summed E-state index contributed by atoms with van der Waals surface area (Å²) in [5.74, 6) is 0.0984. The van der Waals surface area contributed by atoms with Crippen molar-refractivity contribution >= 4 is 11.7 Å². The van der Waals surface area contributed by atoms with Gasteiger partial charge in [-0.05, 0) is 38.2 Å². The first kappa shape index (κ1) is 18.8. The molecular formula is C22H28N4O2. The molecule has 6 heteroatoms. The third kappa shape index (κ3) is 3.48. The molecule has 0 atom stereocenters. The van der Waals surface area contributed by atoms with E-state index in [0.29, 0.717) is 37.7 Å². The van der Waals surface area contributed by atoms with Gasteiger partial charge in [-0.25, -0.2) is 4.68 Å². The molecule has 2 heterocycles. The van der Waals surface area contributed by atoms with Gasteiger partial charge in [-0.15, -0.1) is 5.10 Å². The van der Waals surface area contributed by atoms with E-state index in [1.165, 1.54) is 19.3 Å². The van der Waals surface area contributed by atoms with E-state index in [1.807, 2.05) is 46.1 Å². The number of aromatic nitrogens is 3. The van der Waals surface area contributed by atoms with E-state index in [4.69, 9.17) is 0 Å². The van der Waals surface area contributed by atoms with E-state index in [-0.39, 0.29) is 11.7 Å². The summed E-state index contributed by atoms with van der Waals surface area (Å²) in [5, 5.41) is 8.38. The Balaban J connectivity index is 1.45. The average Bonchev–Trinajstić information content (AvgIpc) is 3.25. The zero-order valence-electron chi connectivity index (χ0n) is 16.5. The summed E-state index contributed by atoms with van der Waals surface area (Å²) in [4.78, 5) is 27.3. The first-order chi connectivity index (χ1) is 13.6. The number of ketones is 1. The average molecular weight is 380 g/mol. The second kappa shape index (κ2) is 7.86. The Bertz CT molecular complexity index is 831. The molecule has 1 amide bonds. The van der Waals surface area contributed by atoms with Crippen LogP contribution in [-0.4, -0.2) is 44.7 Å². The fourth-order valence-corrected chi connectivity index (χ4v) is 4.75. The van der Waals surface area contributed by atoms with Crippen LogP contribution >= 0.6 is 0 Å². The number of Topliss-reactive ketones (excluding diaryl/α,β-unsaturated/α-hetero) is 1. The number of carbonyl (C=O) groups is 2. The van der Waals surface area contributed by atoms with Crippen LogP contribution in [0.25, 0.3) is 0 Å². The standard InChI is InChI=1S/C22H28N4O2/c1-17(27)22(18-8-4-2-5-9-18)12-14-25(15-13-22)21(28)20-16-26(24-23-20)19-10-6-3-7-11-19/h2,4-5,8-9,16,19H,3,6-7,10-15H2,1H3. The number of piperidine rings is 1. The summed E-state index contributed by atoms with van der Waals surface area (Å²) in [6.45, 7) is 2.79. The van der Waals surface area contributed by atoms with Crippen molar-refractivity contribution < 1.29 is 9.59 Å². The first-order valence-corrected chi connectivity index (χ1v) is 10.4. The molecule has 0 spiro atoms. The van der Waals surface area contributed by atoms with Crippen molar-refractivity contribution in [3.05, 3.63) is 47.8 Å². The highest BCUT2D eigenvalue weighted by Crippen LogP contribution is 2.37. The van der Waals surface area contributed by atoms with Gasteiger partial charge in [0, 0.05) is 13.1 Å². The molecule has 1 aliphatic carbocycles. The highest BCUT2D eigenvalue weighted by atomic mass is 16.2. The predicted molar refractivity (Wildman–Crippen MR) is 106 cm³/mol. The SMILES string of the molecule is CC(=O)C1(c2ccccc2)CCN(C(=O)c2cn(C3CCCCC3)nn2)CC1. The van der Waals surface area contributed by atoms with Gasteiger partial charge in [-0.2, -0.15) is 0 Å². The van der Waals surface area contributed by atoms with Crippen molar-refractivity contribution in [3.63, 3.8) is 0 Å². The monoisotopic (exact) mass is 380 g/mol. The maximum atomic E-state index is 12.9. The number of carbonyl (C=O) groups excluding carboxylic acids is 2. The molecule has 1 saturated heterocycles. The van der Waals surface area contributed by atoms with E-state index in [1.54, 1.807) is 6.92 Å². The Hall–Kier alpha value is -2.50. The van der Waals surface area contributed by atoms with Gasteiger partial charge in [0.1, 0.15) is 5.78 Å². The molecule has 4 rings (SSSR count). The van der Waals surface area contributed by atoms with Crippen LogP contribution in [0, 0.1) is 0 Å². The van der Waals surface area contributed by atoms with E-state index in [2.05, 4.69) is 10.3 Å². The maximum Gasteiger partial charge on any atom is 0.276 e. The lowest BCUT2D eigenvalue weighted by Gasteiger charge is -2.40. The molecule has 1 aromatic carbocycles. The maximum absolute atomic E-state index is 12.9. The minimum atomic E-state index is -0.488. The van der Waals surface area contributed by atoms with Crippen LogP contribution in [-0.2, 0) is 10.2 Å². The number of hydrogen-bond acceptors (Lipinski definition) is 4. The van der Waals surface area contributed by atoms with Crippen molar-refractivity contribution in [3.8, 4) is 0 Å². The van der Waals surface area contributed by atoms with Gasteiger partial charge in [-0.1, -0.05) is 54.8 Å². The lowest BCUT2D eigenvalue weighted by atomic mass is 9.70. The van der Waals surface area contributed by atoms with Crippen molar-refractivity contribution in [2.75, 3.05) is 13.1 Å². The largest absolute Gasteiger partial charge is 0.337 e. The summed E-state index contributed by atoms with van der Waals surface area (Å²) in [7, 11) is 0. The second-order valence-corrected chi connectivity index (χ2v) is 8.17. The van der Waals surface area contributed by atoms with Crippen molar-refractivity contribution in [2.45, 2.75) is 63.3 Å². The summed E-state index contributed by atoms with van der Waals surface area (Å²) >= 11 is 0. The predicted octanol–water partition coefficient (Wildman–Crippen LogP) is 3.55. The molecule has 148 valence electrons. The van der Waals surface area contributed by atoms with Crippen molar-refractivity contribution in [1.29, 1.82) is 0 Å². The van der Waals surface area contributed by atoms with Crippen LogP contribution < -0.4 is 0 Å². The lowest BCUT2D eigenvalue weighted by Crippen LogP contribution is -2.48. The van der Waals surface area contributed by atoms with Crippen molar-refractivity contribution in [1.82, 2.24) is 19.9 Å². The number of likely N-dealkylation sites (tertiary alicyclic amines) is 1. The lowest BCUT2D eigenvalue weighted by molar-refractivity contribution is -0.124. The quantitative estimate of drug-likeness (QED) is 0.813. The molecule has 1 saturated carbocycles. The van der Waals surface area contributed by atoms with Gasteiger partial charge in [0.05, 0.1) is 17.7 Å². The number of rotatable bonds is 4. The fraction of sp³-hybridized carbons (Fsp3) is 0.545. The summed E-state index contributed by atoms with van der Waals surface area (Å²) in [6, 6.07) is 10.3. The van der Waals surface area contributed by atoms with E-state index < -0.39 is 5.41 Å². The molecule has 2 fully saturated rings. The highest BCUT2D eigenvalue weighted by Gasteiger charge is 2.41. The van der Waals surface area contributed by atoms with Crippen LogP contribution in [0.2, 0.25) is 0 Å². The zero-order valence-corrected chi connectivity index (χ0v) is 16.5.